The summed E-state index contributed by atoms with van der Waals surface area (Å²) in [6.45, 7) is 5.64. The third-order valence-electron chi connectivity index (χ3n) is 4.27. The van der Waals surface area contributed by atoms with Crippen molar-refractivity contribution in [2.75, 3.05) is 5.43 Å². The predicted octanol–water partition coefficient (Wildman–Crippen LogP) is 5.20. The number of carbonyl (C=O) groups is 1. The number of anilines is 1. The molecule has 0 bridgehead atoms. The van der Waals surface area contributed by atoms with E-state index in [1.807, 2.05) is 25.1 Å². The molecular weight excluding hydrogens is 356 g/mol. The lowest BCUT2D eigenvalue weighted by molar-refractivity contribution is -0.152. The van der Waals surface area contributed by atoms with Gasteiger partial charge >= 0.3 is 5.97 Å². The van der Waals surface area contributed by atoms with E-state index >= 15 is 0 Å². The summed E-state index contributed by atoms with van der Waals surface area (Å²) in [5, 5.41) is 4.65. The highest BCUT2D eigenvalue weighted by Gasteiger charge is 2.40. The van der Waals surface area contributed by atoms with Gasteiger partial charge in [-0.1, -0.05) is 35.3 Å². The van der Waals surface area contributed by atoms with E-state index in [2.05, 4.69) is 33.4 Å². The Balaban J connectivity index is 2.28. The average molecular weight is 381 g/mol. The standard InChI is InChI=1S/C18H25BrN2O2/c1-4-10-18(23-14(3)22)11-6-5-7-17(18)21-20-16-12-15(19)9-8-13(16)2/h8-9,12,20H,4-7,10-11H2,1-3H3. The minimum absolute atomic E-state index is 0.230. The molecule has 1 N–H and O–H groups in total. The largest absolute Gasteiger partial charge is 0.453 e. The van der Waals surface area contributed by atoms with Gasteiger partial charge in [-0.15, -0.1) is 0 Å². The zero-order chi connectivity index (χ0) is 16.9. The highest BCUT2D eigenvalue weighted by molar-refractivity contribution is 9.10. The Morgan fingerprint density at radius 3 is 2.91 bits per heavy atom. The lowest BCUT2D eigenvalue weighted by Crippen LogP contribution is -2.45. The van der Waals surface area contributed by atoms with Crippen LogP contribution in [-0.2, 0) is 9.53 Å². The molecule has 0 radical (unpaired) electrons. The Hall–Kier alpha value is -1.36. The molecule has 1 atom stereocenters. The van der Waals surface area contributed by atoms with Crippen LogP contribution in [0.25, 0.3) is 0 Å². The first kappa shape index (κ1) is 18.0. The third-order valence-corrected chi connectivity index (χ3v) is 4.77. The molecule has 1 unspecified atom stereocenters. The number of aryl methyl sites for hydroxylation is 1. The van der Waals surface area contributed by atoms with Crippen molar-refractivity contribution in [3.05, 3.63) is 28.2 Å². The highest BCUT2D eigenvalue weighted by Crippen LogP contribution is 2.34. The van der Waals surface area contributed by atoms with Crippen LogP contribution < -0.4 is 5.43 Å². The molecule has 126 valence electrons. The first-order valence-corrected chi connectivity index (χ1v) is 9.05. The van der Waals surface area contributed by atoms with E-state index in [0.29, 0.717) is 0 Å². The summed E-state index contributed by atoms with van der Waals surface area (Å²) in [5.41, 5.74) is 5.69. The lowest BCUT2D eigenvalue weighted by atomic mass is 9.79. The zero-order valence-electron chi connectivity index (χ0n) is 14.1. The van der Waals surface area contributed by atoms with E-state index in [-0.39, 0.29) is 5.97 Å². The Kier molecular flexibility index (Phi) is 6.22. The molecule has 1 aliphatic carbocycles. The lowest BCUT2D eigenvalue weighted by Gasteiger charge is -2.37. The molecule has 0 amide bonds. The van der Waals surface area contributed by atoms with Crippen LogP contribution in [0.4, 0.5) is 5.69 Å². The second kappa shape index (κ2) is 7.95. The Morgan fingerprint density at radius 2 is 2.22 bits per heavy atom. The van der Waals surface area contributed by atoms with Crippen molar-refractivity contribution in [3.63, 3.8) is 0 Å². The van der Waals surface area contributed by atoms with Crippen molar-refractivity contribution >= 4 is 33.3 Å². The van der Waals surface area contributed by atoms with Gasteiger partial charge in [0.1, 0.15) is 0 Å². The monoisotopic (exact) mass is 380 g/mol. The average Bonchev–Trinajstić information content (AvgIpc) is 2.49. The molecule has 1 aromatic carbocycles. The number of carbonyl (C=O) groups excluding carboxylic acids is 1. The molecule has 2 rings (SSSR count). The second-order valence-corrected chi connectivity index (χ2v) is 7.09. The Bertz CT molecular complexity index is 597. The quantitative estimate of drug-likeness (QED) is 0.563. The van der Waals surface area contributed by atoms with Crippen LogP contribution in [0.3, 0.4) is 0 Å². The third kappa shape index (κ3) is 4.56. The van der Waals surface area contributed by atoms with Gasteiger partial charge in [-0.2, -0.15) is 5.10 Å². The van der Waals surface area contributed by atoms with Crippen LogP contribution in [-0.4, -0.2) is 17.3 Å². The number of hydrazone groups is 1. The molecular formula is C18H25BrN2O2. The van der Waals surface area contributed by atoms with Crippen molar-refractivity contribution in [2.45, 2.75) is 64.9 Å². The van der Waals surface area contributed by atoms with Crippen molar-refractivity contribution in [2.24, 2.45) is 5.10 Å². The van der Waals surface area contributed by atoms with Gasteiger partial charge in [0.05, 0.1) is 11.4 Å². The van der Waals surface area contributed by atoms with Crippen LogP contribution in [0.2, 0.25) is 0 Å². The van der Waals surface area contributed by atoms with Crippen molar-refractivity contribution in [1.82, 2.24) is 0 Å². The van der Waals surface area contributed by atoms with Crippen LogP contribution in [0.1, 0.15) is 57.9 Å². The number of hydrogen-bond donors (Lipinski definition) is 1. The van der Waals surface area contributed by atoms with Gasteiger partial charge in [0.25, 0.3) is 0 Å². The van der Waals surface area contributed by atoms with Crippen LogP contribution in [0.15, 0.2) is 27.8 Å². The maximum absolute atomic E-state index is 11.6. The summed E-state index contributed by atoms with van der Waals surface area (Å²) < 4.78 is 6.76. The fourth-order valence-electron chi connectivity index (χ4n) is 3.18. The van der Waals surface area contributed by atoms with Gasteiger partial charge in [-0.25, -0.2) is 0 Å². The van der Waals surface area contributed by atoms with Gasteiger partial charge in [0.2, 0.25) is 0 Å². The van der Waals surface area contributed by atoms with E-state index in [9.17, 15) is 4.79 Å². The summed E-state index contributed by atoms with van der Waals surface area (Å²) in [6, 6.07) is 6.06. The molecule has 0 aliphatic heterocycles. The molecule has 0 heterocycles. The molecule has 1 aliphatic rings. The minimum atomic E-state index is -0.536. The molecule has 1 aromatic rings. The first-order chi connectivity index (χ1) is 11.0. The maximum atomic E-state index is 11.6. The van der Waals surface area contributed by atoms with E-state index in [4.69, 9.17) is 4.74 Å². The Labute approximate surface area is 146 Å². The van der Waals surface area contributed by atoms with E-state index < -0.39 is 5.60 Å². The Morgan fingerprint density at radius 1 is 1.43 bits per heavy atom. The molecule has 1 saturated carbocycles. The summed E-state index contributed by atoms with van der Waals surface area (Å²) in [7, 11) is 0. The summed E-state index contributed by atoms with van der Waals surface area (Å²) in [5.74, 6) is -0.230. The number of halogens is 1. The minimum Gasteiger partial charge on any atom is -0.453 e. The van der Waals surface area contributed by atoms with Gasteiger partial charge in [-0.05, 0) is 56.7 Å². The van der Waals surface area contributed by atoms with Gasteiger partial charge < -0.3 is 4.74 Å². The van der Waals surface area contributed by atoms with Gasteiger partial charge in [0.15, 0.2) is 5.60 Å². The summed E-state index contributed by atoms with van der Waals surface area (Å²) >= 11 is 3.48. The SMILES string of the molecule is CCCC1(OC(C)=O)CCCCC1=NNc1cc(Br)ccc1C. The molecule has 4 nitrogen and oxygen atoms in total. The van der Waals surface area contributed by atoms with Crippen LogP contribution in [0, 0.1) is 6.92 Å². The summed E-state index contributed by atoms with van der Waals surface area (Å²) in [4.78, 5) is 11.6. The maximum Gasteiger partial charge on any atom is 0.303 e. The molecule has 1 fully saturated rings. The smallest absolute Gasteiger partial charge is 0.303 e. The van der Waals surface area contributed by atoms with Gasteiger partial charge in [-0.3, -0.25) is 10.2 Å². The summed E-state index contributed by atoms with van der Waals surface area (Å²) in [6.07, 6.45) is 5.67. The van der Waals surface area contributed by atoms with Crippen molar-refractivity contribution in [1.29, 1.82) is 0 Å². The molecule has 5 heteroatoms. The van der Waals surface area contributed by atoms with Crippen LogP contribution >= 0.6 is 15.9 Å². The van der Waals surface area contributed by atoms with Gasteiger partial charge in [0, 0.05) is 11.4 Å². The molecule has 0 spiro atoms. The number of nitrogens with one attached hydrogen (secondary N) is 1. The molecule has 0 saturated heterocycles. The number of ether oxygens (including phenoxy) is 1. The fourth-order valence-corrected chi connectivity index (χ4v) is 3.55. The number of rotatable bonds is 5. The normalized spacial score (nSPS) is 22.9. The highest BCUT2D eigenvalue weighted by atomic mass is 79.9. The predicted molar refractivity (Wildman–Crippen MR) is 97.8 cm³/mol. The van der Waals surface area contributed by atoms with Crippen molar-refractivity contribution < 1.29 is 9.53 Å². The van der Waals surface area contributed by atoms with E-state index in [1.54, 1.807) is 0 Å². The first-order valence-electron chi connectivity index (χ1n) is 8.25. The molecule has 0 aromatic heterocycles. The van der Waals surface area contributed by atoms with E-state index in [0.717, 1.165) is 60.0 Å². The number of benzene rings is 1. The molecule has 23 heavy (non-hydrogen) atoms. The van der Waals surface area contributed by atoms with Crippen molar-refractivity contribution in [3.8, 4) is 0 Å². The number of nitrogens with zero attached hydrogens (tertiary/aromatic N) is 1. The van der Waals surface area contributed by atoms with Crippen LogP contribution in [0.5, 0.6) is 0 Å². The van der Waals surface area contributed by atoms with E-state index in [1.165, 1.54) is 6.92 Å². The number of hydrogen-bond acceptors (Lipinski definition) is 4. The second-order valence-electron chi connectivity index (χ2n) is 6.17. The topological polar surface area (TPSA) is 50.7 Å². The fraction of sp³-hybridized carbons (Fsp3) is 0.556. The zero-order valence-corrected chi connectivity index (χ0v) is 15.7. The number of esters is 1.